The van der Waals surface area contributed by atoms with E-state index >= 15 is 0 Å². The molecule has 0 saturated heterocycles. The molecule has 3 aliphatic carbocycles. The summed E-state index contributed by atoms with van der Waals surface area (Å²) in [7, 11) is 0. The fourth-order valence-corrected chi connectivity index (χ4v) is 7.78. The highest BCUT2D eigenvalue weighted by molar-refractivity contribution is 14.1. The Bertz CT molecular complexity index is 1690. The maximum Gasteiger partial charge on any atom is 0.101 e. The minimum absolute atomic E-state index is 0.221. The molecule has 0 bridgehead atoms. The largest absolute Gasteiger partial charge is 0.357 e. The first-order valence-electron chi connectivity index (χ1n) is 14.4. The van der Waals surface area contributed by atoms with Gasteiger partial charge in [0.15, 0.2) is 0 Å². The van der Waals surface area contributed by atoms with Crippen LogP contribution in [0.1, 0.15) is 43.2 Å². The molecule has 0 saturated carbocycles. The molecule has 1 aliphatic heterocycles. The lowest BCUT2D eigenvalue weighted by Crippen LogP contribution is -2.59. The molecule has 202 valence electrons. The average molecular weight is 647 g/mol. The van der Waals surface area contributed by atoms with Gasteiger partial charge in [-0.25, -0.2) is 0 Å². The first-order chi connectivity index (χ1) is 20.2. The summed E-state index contributed by atoms with van der Waals surface area (Å²) in [5.74, 6) is 0. The molecule has 4 nitrogen and oxygen atoms in total. The highest BCUT2D eigenvalue weighted by Gasteiger charge is 2.44. The summed E-state index contributed by atoms with van der Waals surface area (Å²) in [6.45, 7) is 0. The molecule has 41 heavy (non-hydrogen) atoms. The molecule has 0 N–H and O–H groups in total. The number of benzene rings is 2. The number of nitrogens with zero attached hydrogens (tertiary/aromatic N) is 4. The van der Waals surface area contributed by atoms with E-state index in [4.69, 9.17) is 0 Å². The molecule has 0 fully saturated rings. The monoisotopic (exact) mass is 646 g/mol. The van der Waals surface area contributed by atoms with E-state index in [-0.39, 0.29) is 12.1 Å². The molecule has 3 aromatic rings. The van der Waals surface area contributed by atoms with Crippen molar-refractivity contribution in [3.63, 3.8) is 0 Å². The summed E-state index contributed by atoms with van der Waals surface area (Å²) in [6.07, 6.45) is 25.2. The van der Waals surface area contributed by atoms with Gasteiger partial charge in [-0.2, -0.15) is 5.26 Å². The highest BCUT2D eigenvalue weighted by atomic mass is 127. The second-order valence-electron chi connectivity index (χ2n) is 11.0. The van der Waals surface area contributed by atoms with Crippen molar-refractivity contribution in [1.82, 2.24) is 4.98 Å². The molecule has 5 heteroatoms. The Balaban J connectivity index is 1.34. The molecule has 3 unspecified atom stereocenters. The van der Waals surface area contributed by atoms with Gasteiger partial charge in [0.05, 0.1) is 29.0 Å². The lowest BCUT2D eigenvalue weighted by Gasteiger charge is -2.53. The third-order valence-electron chi connectivity index (χ3n) is 8.69. The lowest BCUT2D eigenvalue weighted by molar-refractivity contribution is 0.466. The number of pyridine rings is 1. The SMILES string of the molecule is N#Cc1cnccc1-c1ccccc1C1=CCCC(N2c3ccccc3N(C3CC=CCC3)C3C(I)=CC=CC32)=C1. The third kappa shape index (κ3) is 4.64. The van der Waals surface area contributed by atoms with Crippen LogP contribution in [0.15, 0.2) is 119 Å². The molecular formula is C36H31IN4. The Morgan fingerprint density at radius 3 is 2.59 bits per heavy atom. The van der Waals surface area contributed by atoms with Gasteiger partial charge in [0, 0.05) is 33.3 Å². The third-order valence-corrected chi connectivity index (χ3v) is 9.69. The molecule has 1 aromatic heterocycles. The number of hydrogen-bond donors (Lipinski definition) is 0. The molecule has 7 rings (SSSR count). The summed E-state index contributed by atoms with van der Waals surface area (Å²) in [5.41, 5.74) is 8.92. The molecule has 0 radical (unpaired) electrons. The number of aromatic nitrogens is 1. The van der Waals surface area contributed by atoms with Gasteiger partial charge in [-0.1, -0.05) is 72.9 Å². The zero-order valence-corrected chi connectivity index (χ0v) is 25.0. The van der Waals surface area contributed by atoms with E-state index in [9.17, 15) is 5.26 Å². The minimum Gasteiger partial charge on any atom is -0.357 e. The minimum atomic E-state index is 0.221. The van der Waals surface area contributed by atoms with Crippen molar-refractivity contribution in [3.05, 3.63) is 130 Å². The average Bonchev–Trinajstić information content (AvgIpc) is 3.04. The summed E-state index contributed by atoms with van der Waals surface area (Å²) in [6, 6.07) is 22.7. The first-order valence-corrected chi connectivity index (χ1v) is 15.5. The standard InChI is InChI=1S/C36H31IN4/c37-32-16-9-19-35-36(32)41(27-11-2-1-3-12-27)34-18-7-6-17-33(34)40(35)28-13-8-10-25(22-28)29-14-4-5-15-31(29)30-20-21-39-24-26(30)23-38/h1-2,4-7,9-10,14-22,24,27,35-36H,3,8,11-13H2. The first kappa shape index (κ1) is 26.0. The van der Waals surface area contributed by atoms with Crippen molar-refractivity contribution >= 4 is 39.5 Å². The van der Waals surface area contributed by atoms with Gasteiger partial charge in [-0.05, 0) is 95.7 Å². The van der Waals surface area contributed by atoms with Crippen molar-refractivity contribution in [2.45, 2.75) is 50.2 Å². The van der Waals surface area contributed by atoms with Crippen molar-refractivity contribution in [2.24, 2.45) is 0 Å². The molecule has 2 heterocycles. The fraction of sp³-hybridized carbons (Fsp3) is 0.222. The number of nitriles is 1. The topological polar surface area (TPSA) is 43.2 Å². The van der Waals surface area contributed by atoms with Crippen LogP contribution in [0.25, 0.3) is 16.7 Å². The van der Waals surface area contributed by atoms with Gasteiger partial charge in [0.1, 0.15) is 6.07 Å². The predicted molar refractivity (Wildman–Crippen MR) is 177 cm³/mol. The Labute approximate surface area is 255 Å². The van der Waals surface area contributed by atoms with Crippen molar-refractivity contribution in [2.75, 3.05) is 9.80 Å². The van der Waals surface area contributed by atoms with Gasteiger partial charge in [0.25, 0.3) is 0 Å². The van der Waals surface area contributed by atoms with E-state index in [1.54, 1.807) is 12.4 Å². The number of fused-ring (bicyclic) bond motifs is 2. The summed E-state index contributed by atoms with van der Waals surface area (Å²) in [4.78, 5) is 9.53. The summed E-state index contributed by atoms with van der Waals surface area (Å²) < 4.78 is 1.39. The van der Waals surface area contributed by atoms with Crippen LogP contribution < -0.4 is 9.80 Å². The Morgan fingerprint density at radius 2 is 1.76 bits per heavy atom. The van der Waals surface area contributed by atoms with E-state index in [1.807, 2.05) is 6.07 Å². The van der Waals surface area contributed by atoms with Crippen LogP contribution in [0, 0.1) is 11.3 Å². The van der Waals surface area contributed by atoms with E-state index in [0.29, 0.717) is 11.6 Å². The van der Waals surface area contributed by atoms with Crippen LogP contribution in [0.3, 0.4) is 0 Å². The molecule has 3 atom stereocenters. The highest BCUT2D eigenvalue weighted by Crippen LogP contribution is 2.48. The van der Waals surface area contributed by atoms with Gasteiger partial charge >= 0.3 is 0 Å². The van der Waals surface area contributed by atoms with Gasteiger partial charge < -0.3 is 9.80 Å². The summed E-state index contributed by atoms with van der Waals surface area (Å²) >= 11 is 2.57. The maximum absolute atomic E-state index is 9.79. The van der Waals surface area contributed by atoms with Crippen LogP contribution in [0.2, 0.25) is 0 Å². The number of anilines is 2. The van der Waals surface area contributed by atoms with Crippen LogP contribution in [-0.2, 0) is 0 Å². The fourth-order valence-electron chi connectivity index (χ4n) is 6.90. The van der Waals surface area contributed by atoms with Crippen molar-refractivity contribution in [1.29, 1.82) is 5.26 Å². The Kier molecular flexibility index (Phi) is 7.10. The number of halogens is 1. The molecule has 0 amide bonds. The quantitative estimate of drug-likeness (QED) is 0.210. The van der Waals surface area contributed by atoms with E-state index < -0.39 is 0 Å². The Hall–Kier alpha value is -3.89. The zero-order valence-electron chi connectivity index (χ0n) is 22.8. The molecule has 2 aromatic carbocycles. The second-order valence-corrected chi connectivity index (χ2v) is 12.2. The number of rotatable bonds is 4. The molecule has 0 spiro atoms. The molecular weight excluding hydrogens is 615 g/mol. The maximum atomic E-state index is 9.79. The van der Waals surface area contributed by atoms with Gasteiger partial charge in [-0.3, -0.25) is 4.98 Å². The molecule has 4 aliphatic rings. The van der Waals surface area contributed by atoms with E-state index in [1.165, 1.54) is 32.6 Å². The Morgan fingerprint density at radius 1 is 0.927 bits per heavy atom. The van der Waals surface area contributed by atoms with E-state index in [0.717, 1.165) is 42.4 Å². The van der Waals surface area contributed by atoms with Crippen LogP contribution in [-0.4, -0.2) is 23.1 Å². The number of hydrogen-bond acceptors (Lipinski definition) is 4. The summed E-state index contributed by atoms with van der Waals surface area (Å²) in [5, 5.41) is 9.79. The predicted octanol–water partition coefficient (Wildman–Crippen LogP) is 8.74. The second kappa shape index (κ2) is 11.2. The van der Waals surface area contributed by atoms with Crippen LogP contribution in [0.4, 0.5) is 11.4 Å². The lowest BCUT2D eigenvalue weighted by atomic mass is 9.86. The van der Waals surface area contributed by atoms with Crippen molar-refractivity contribution in [3.8, 4) is 17.2 Å². The van der Waals surface area contributed by atoms with Gasteiger partial charge in [0.2, 0.25) is 0 Å². The van der Waals surface area contributed by atoms with Gasteiger partial charge in [-0.15, -0.1) is 0 Å². The van der Waals surface area contributed by atoms with E-state index in [2.05, 4.69) is 135 Å². The normalized spacial score (nSPS) is 23.1. The van der Waals surface area contributed by atoms with Crippen LogP contribution >= 0.6 is 22.6 Å². The zero-order chi connectivity index (χ0) is 27.8. The smallest absolute Gasteiger partial charge is 0.101 e. The van der Waals surface area contributed by atoms with Crippen molar-refractivity contribution < 1.29 is 0 Å². The number of para-hydroxylation sites is 2. The van der Waals surface area contributed by atoms with Crippen LogP contribution in [0.5, 0.6) is 0 Å². The number of allylic oxidation sites excluding steroid dienone is 7.